The van der Waals surface area contributed by atoms with E-state index in [2.05, 4.69) is 15.3 Å². The number of benzene rings is 1. The molecular formula is C13H16N4. The molecule has 0 amide bonds. The first-order chi connectivity index (χ1) is 8.25. The summed E-state index contributed by atoms with van der Waals surface area (Å²) in [4.78, 5) is 8.30. The Labute approximate surface area is 101 Å². The van der Waals surface area contributed by atoms with Gasteiger partial charge in [-0.05, 0) is 18.6 Å². The zero-order valence-electron chi connectivity index (χ0n) is 9.80. The molecule has 2 aromatic rings. The molecule has 3 N–H and O–H groups in total. The van der Waals surface area contributed by atoms with Crippen LogP contribution in [0, 0.1) is 6.92 Å². The molecule has 0 aliphatic heterocycles. The van der Waals surface area contributed by atoms with E-state index in [1.54, 1.807) is 6.20 Å². The number of hydrogen-bond donors (Lipinski definition) is 2. The lowest BCUT2D eigenvalue weighted by atomic mass is 10.1. The van der Waals surface area contributed by atoms with Crippen LogP contribution in [0.25, 0.3) is 0 Å². The SMILES string of the molecule is Cc1nccc(NCC(N)c2ccccc2)n1. The third kappa shape index (κ3) is 3.26. The summed E-state index contributed by atoms with van der Waals surface area (Å²) in [5.74, 6) is 1.56. The number of aromatic nitrogens is 2. The number of aryl methyl sites for hydroxylation is 1. The maximum absolute atomic E-state index is 6.07. The topological polar surface area (TPSA) is 63.8 Å². The molecule has 1 unspecified atom stereocenters. The fourth-order valence-electron chi connectivity index (χ4n) is 1.59. The van der Waals surface area contributed by atoms with E-state index < -0.39 is 0 Å². The highest BCUT2D eigenvalue weighted by Crippen LogP contribution is 2.10. The van der Waals surface area contributed by atoms with Gasteiger partial charge in [-0.2, -0.15) is 0 Å². The Bertz CT molecular complexity index is 470. The second-order valence-corrected chi connectivity index (χ2v) is 3.89. The maximum Gasteiger partial charge on any atom is 0.129 e. The molecule has 0 saturated carbocycles. The van der Waals surface area contributed by atoms with Crippen molar-refractivity contribution in [1.29, 1.82) is 0 Å². The predicted molar refractivity (Wildman–Crippen MR) is 68.6 cm³/mol. The summed E-state index contributed by atoms with van der Waals surface area (Å²) in [6, 6.07) is 11.8. The average Bonchev–Trinajstić information content (AvgIpc) is 2.37. The summed E-state index contributed by atoms with van der Waals surface area (Å²) >= 11 is 0. The maximum atomic E-state index is 6.07. The van der Waals surface area contributed by atoms with E-state index in [-0.39, 0.29) is 6.04 Å². The molecule has 0 spiro atoms. The molecular weight excluding hydrogens is 212 g/mol. The van der Waals surface area contributed by atoms with Gasteiger partial charge in [0.2, 0.25) is 0 Å². The van der Waals surface area contributed by atoms with Crippen LogP contribution < -0.4 is 11.1 Å². The Hall–Kier alpha value is -1.94. The van der Waals surface area contributed by atoms with Crippen LogP contribution in [0.5, 0.6) is 0 Å². The fraction of sp³-hybridized carbons (Fsp3) is 0.231. The molecule has 2 rings (SSSR count). The highest BCUT2D eigenvalue weighted by Gasteiger charge is 2.05. The normalized spacial score (nSPS) is 12.1. The largest absolute Gasteiger partial charge is 0.368 e. The number of anilines is 1. The lowest BCUT2D eigenvalue weighted by Crippen LogP contribution is -2.21. The summed E-state index contributed by atoms with van der Waals surface area (Å²) < 4.78 is 0. The number of nitrogens with two attached hydrogens (primary N) is 1. The molecule has 0 aliphatic carbocycles. The van der Waals surface area contributed by atoms with Gasteiger partial charge >= 0.3 is 0 Å². The molecule has 0 aliphatic rings. The zero-order chi connectivity index (χ0) is 12.1. The second kappa shape index (κ2) is 5.41. The van der Waals surface area contributed by atoms with Crippen LogP contribution in [0.1, 0.15) is 17.4 Å². The van der Waals surface area contributed by atoms with E-state index in [4.69, 9.17) is 5.73 Å². The van der Waals surface area contributed by atoms with Crippen molar-refractivity contribution < 1.29 is 0 Å². The van der Waals surface area contributed by atoms with E-state index in [0.717, 1.165) is 17.2 Å². The highest BCUT2D eigenvalue weighted by atomic mass is 15.0. The lowest BCUT2D eigenvalue weighted by molar-refractivity contribution is 0.760. The molecule has 0 fully saturated rings. The van der Waals surface area contributed by atoms with Gasteiger partial charge in [0, 0.05) is 18.8 Å². The van der Waals surface area contributed by atoms with Crippen LogP contribution in [-0.4, -0.2) is 16.5 Å². The number of hydrogen-bond acceptors (Lipinski definition) is 4. The Balaban J connectivity index is 1.95. The van der Waals surface area contributed by atoms with Crippen LogP contribution in [0.15, 0.2) is 42.6 Å². The van der Waals surface area contributed by atoms with Crippen LogP contribution in [0.4, 0.5) is 5.82 Å². The summed E-state index contributed by atoms with van der Waals surface area (Å²) in [7, 11) is 0. The third-order valence-electron chi connectivity index (χ3n) is 2.51. The van der Waals surface area contributed by atoms with Gasteiger partial charge in [0.15, 0.2) is 0 Å². The van der Waals surface area contributed by atoms with Crippen molar-refractivity contribution in [3.63, 3.8) is 0 Å². The highest BCUT2D eigenvalue weighted by molar-refractivity contribution is 5.34. The molecule has 4 nitrogen and oxygen atoms in total. The Kier molecular flexibility index (Phi) is 3.67. The Morgan fingerprint density at radius 3 is 2.71 bits per heavy atom. The zero-order valence-corrected chi connectivity index (χ0v) is 9.80. The van der Waals surface area contributed by atoms with Crippen molar-refractivity contribution in [2.24, 2.45) is 5.73 Å². The minimum absolute atomic E-state index is 0.0357. The summed E-state index contributed by atoms with van der Waals surface area (Å²) in [5, 5.41) is 3.21. The summed E-state index contributed by atoms with van der Waals surface area (Å²) in [6.07, 6.45) is 1.73. The first-order valence-corrected chi connectivity index (χ1v) is 5.60. The van der Waals surface area contributed by atoms with Gasteiger partial charge in [0.1, 0.15) is 11.6 Å². The van der Waals surface area contributed by atoms with E-state index in [1.165, 1.54) is 0 Å². The molecule has 1 aromatic carbocycles. The molecule has 0 saturated heterocycles. The van der Waals surface area contributed by atoms with Crippen molar-refractivity contribution in [2.45, 2.75) is 13.0 Å². The van der Waals surface area contributed by atoms with Crippen molar-refractivity contribution in [3.8, 4) is 0 Å². The molecule has 1 atom stereocenters. The van der Waals surface area contributed by atoms with Crippen molar-refractivity contribution >= 4 is 5.82 Å². The minimum atomic E-state index is -0.0357. The molecule has 17 heavy (non-hydrogen) atoms. The van der Waals surface area contributed by atoms with Gasteiger partial charge in [0.25, 0.3) is 0 Å². The minimum Gasteiger partial charge on any atom is -0.368 e. The molecule has 0 bridgehead atoms. The molecule has 0 radical (unpaired) electrons. The van der Waals surface area contributed by atoms with Gasteiger partial charge in [-0.25, -0.2) is 9.97 Å². The number of nitrogens with zero attached hydrogens (tertiary/aromatic N) is 2. The van der Waals surface area contributed by atoms with Gasteiger partial charge in [-0.15, -0.1) is 0 Å². The summed E-state index contributed by atoms with van der Waals surface area (Å²) in [6.45, 7) is 2.52. The van der Waals surface area contributed by atoms with Gasteiger partial charge in [-0.1, -0.05) is 30.3 Å². The van der Waals surface area contributed by atoms with Crippen LogP contribution in [0.2, 0.25) is 0 Å². The average molecular weight is 228 g/mol. The van der Waals surface area contributed by atoms with Crippen LogP contribution in [-0.2, 0) is 0 Å². The van der Waals surface area contributed by atoms with E-state index >= 15 is 0 Å². The number of rotatable bonds is 4. The quantitative estimate of drug-likeness (QED) is 0.839. The van der Waals surface area contributed by atoms with Gasteiger partial charge in [0.05, 0.1) is 0 Å². The molecule has 4 heteroatoms. The van der Waals surface area contributed by atoms with Crippen molar-refractivity contribution in [3.05, 3.63) is 54.0 Å². The third-order valence-corrected chi connectivity index (χ3v) is 2.51. The molecule has 1 heterocycles. The smallest absolute Gasteiger partial charge is 0.129 e. The predicted octanol–water partition coefficient (Wildman–Crippen LogP) is 1.90. The summed E-state index contributed by atoms with van der Waals surface area (Å²) in [5.41, 5.74) is 7.19. The second-order valence-electron chi connectivity index (χ2n) is 3.89. The number of nitrogens with one attached hydrogen (secondary N) is 1. The van der Waals surface area contributed by atoms with Gasteiger partial charge < -0.3 is 11.1 Å². The van der Waals surface area contributed by atoms with Crippen molar-refractivity contribution in [2.75, 3.05) is 11.9 Å². The lowest BCUT2D eigenvalue weighted by Gasteiger charge is -2.13. The van der Waals surface area contributed by atoms with Gasteiger partial charge in [-0.3, -0.25) is 0 Å². The van der Waals surface area contributed by atoms with E-state index in [0.29, 0.717) is 6.54 Å². The van der Waals surface area contributed by atoms with Crippen LogP contribution >= 0.6 is 0 Å². The van der Waals surface area contributed by atoms with Crippen molar-refractivity contribution in [1.82, 2.24) is 9.97 Å². The first-order valence-electron chi connectivity index (χ1n) is 5.60. The molecule has 88 valence electrons. The van der Waals surface area contributed by atoms with Crippen LogP contribution in [0.3, 0.4) is 0 Å². The van der Waals surface area contributed by atoms with E-state index in [9.17, 15) is 0 Å². The van der Waals surface area contributed by atoms with E-state index in [1.807, 2.05) is 43.3 Å². The molecule has 1 aromatic heterocycles. The Morgan fingerprint density at radius 2 is 2.00 bits per heavy atom. The standard InChI is InChI=1S/C13H16N4/c1-10-15-8-7-13(17-10)16-9-12(14)11-5-3-2-4-6-11/h2-8,12H,9,14H2,1H3,(H,15,16,17). The first kappa shape index (κ1) is 11.5. The monoisotopic (exact) mass is 228 g/mol. The fourth-order valence-corrected chi connectivity index (χ4v) is 1.59. The Morgan fingerprint density at radius 1 is 1.24 bits per heavy atom.